The highest BCUT2D eigenvalue weighted by Crippen LogP contribution is 2.19. The van der Waals surface area contributed by atoms with Crippen molar-refractivity contribution in [3.05, 3.63) is 23.0 Å². The standard InChI is InChI=1S/C7H10ClN3O/c8-4-1-5(9)7(11-2-4)6(10)3-12/h1-2,6,12H,3,9-10H2. The van der Waals surface area contributed by atoms with E-state index in [0.717, 1.165) is 0 Å². The molecule has 0 bridgehead atoms. The number of hydrogen-bond donors (Lipinski definition) is 3. The van der Waals surface area contributed by atoms with Crippen LogP contribution in [-0.2, 0) is 0 Å². The van der Waals surface area contributed by atoms with Crippen LogP contribution >= 0.6 is 11.6 Å². The Balaban J connectivity index is 3.01. The minimum Gasteiger partial charge on any atom is -0.397 e. The van der Waals surface area contributed by atoms with Crippen LogP contribution in [0.5, 0.6) is 0 Å². The molecule has 1 aromatic rings. The Morgan fingerprint density at radius 3 is 2.83 bits per heavy atom. The van der Waals surface area contributed by atoms with Crippen molar-refractivity contribution < 1.29 is 5.11 Å². The molecule has 0 spiro atoms. The van der Waals surface area contributed by atoms with Crippen molar-refractivity contribution in [2.45, 2.75) is 6.04 Å². The van der Waals surface area contributed by atoms with Crippen molar-refractivity contribution in [2.24, 2.45) is 5.73 Å². The molecule has 1 rings (SSSR count). The van der Waals surface area contributed by atoms with Crippen molar-refractivity contribution >= 4 is 17.3 Å². The molecule has 12 heavy (non-hydrogen) atoms. The molecule has 0 aromatic carbocycles. The van der Waals surface area contributed by atoms with Crippen molar-refractivity contribution in [1.29, 1.82) is 0 Å². The maximum atomic E-state index is 8.73. The summed E-state index contributed by atoms with van der Waals surface area (Å²) in [5.74, 6) is 0. The predicted molar refractivity (Wildman–Crippen MR) is 47.7 cm³/mol. The van der Waals surface area contributed by atoms with E-state index in [4.69, 9.17) is 28.2 Å². The van der Waals surface area contributed by atoms with Crippen molar-refractivity contribution in [3.63, 3.8) is 0 Å². The van der Waals surface area contributed by atoms with E-state index in [2.05, 4.69) is 4.98 Å². The van der Waals surface area contributed by atoms with Crippen LogP contribution in [0.2, 0.25) is 5.02 Å². The van der Waals surface area contributed by atoms with Gasteiger partial charge >= 0.3 is 0 Å². The third-order valence-corrected chi connectivity index (χ3v) is 1.67. The Labute approximate surface area is 75.2 Å². The Bertz CT molecular complexity index is 279. The molecule has 0 radical (unpaired) electrons. The van der Waals surface area contributed by atoms with E-state index >= 15 is 0 Å². The summed E-state index contributed by atoms with van der Waals surface area (Å²) in [5, 5.41) is 9.19. The molecule has 0 aliphatic heterocycles. The Hall–Kier alpha value is -0.840. The van der Waals surface area contributed by atoms with Crippen LogP contribution in [-0.4, -0.2) is 16.7 Å². The number of aliphatic hydroxyl groups excluding tert-OH is 1. The summed E-state index contributed by atoms with van der Waals surface area (Å²) in [7, 11) is 0. The largest absolute Gasteiger partial charge is 0.397 e. The predicted octanol–water partition coefficient (Wildman–Crippen LogP) is 0.309. The fraction of sp³-hybridized carbons (Fsp3) is 0.286. The zero-order valence-corrected chi connectivity index (χ0v) is 7.12. The summed E-state index contributed by atoms with van der Waals surface area (Å²) >= 11 is 5.62. The molecule has 0 saturated carbocycles. The molecule has 66 valence electrons. The molecule has 1 atom stereocenters. The number of nitrogen functional groups attached to an aromatic ring is 1. The van der Waals surface area contributed by atoms with E-state index in [1.165, 1.54) is 6.20 Å². The molecule has 5 N–H and O–H groups in total. The number of pyridine rings is 1. The fourth-order valence-corrected chi connectivity index (χ4v) is 1.03. The molecule has 5 heteroatoms. The van der Waals surface area contributed by atoms with E-state index in [1.54, 1.807) is 6.07 Å². The van der Waals surface area contributed by atoms with Gasteiger partial charge in [-0.3, -0.25) is 4.98 Å². The second-order valence-electron chi connectivity index (χ2n) is 2.42. The zero-order chi connectivity index (χ0) is 9.14. The first kappa shape index (κ1) is 9.25. The van der Waals surface area contributed by atoms with Crippen LogP contribution in [0.1, 0.15) is 11.7 Å². The van der Waals surface area contributed by atoms with Crippen LogP contribution in [0.15, 0.2) is 12.3 Å². The molecular formula is C7H10ClN3O. The van der Waals surface area contributed by atoms with Crippen molar-refractivity contribution in [3.8, 4) is 0 Å². The van der Waals surface area contributed by atoms with Gasteiger partial charge in [-0.1, -0.05) is 11.6 Å². The molecule has 1 heterocycles. The maximum absolute atomic E-state index is 8.73. The monoisotopic (exact) mass is 187 g/mol. The van der Waals surface area contributed by atoms with E-state index in [-0.39, 0.29) is 6.61 Å². The van der Waals surface area contributed by atoms with Gasteiger partial charge in [0.25, 0.3) is 0 Å². The van der Waals surface area contributed by atoms with E-state index in [1.807, 2.05) is 0 Å². The van der Waals surface area contributed by atoms with Gasteiger partial charge < -0.3 is 16.6 Å². The van der Waals surface area contributed by atoms with Gasteiger partial charge in [0.05, 0.1) is 29.1 Å². The molecule has 0 aliphatic rings. The minimum absolute atomic E-state index is 0.182. The van der Waals surface area contributed by atoms with Gasteiger partial charge in [-0.05, 0) is 6.07 Å². The van der Waals surface area contributed by atoms with Crippen LogP contribution < -0.4 is 11.5 Å². The zero-order valence-electron chi connectivity index (χ0n) is 6.37. The third-order valence-electron chi connectivity index (χ3n) is 1.46. The number of nitrogens with zero attached hydrogens (tertiary/aromatic N) is 1. The van der Waals surface area contributed by atoms with Gasteiger partial charge in [0, 0.05) is 6.20 Å². The average molecular weight is 188 g/mol. The second-order valence-corrected chi connectivity index (χ2v) is 2.85. The van der Waals surface area contributed by atoms with Crippen LogP contribution in [0, 0.1) is 0 Å². The lowest BCUT2D eigenvalue weighted by Gasteiger charge is -2.09. The van der Waals surface area contributed by atoms with Crippen LogP contribution in [0.3, 0.4) is 0 Å². The first-order valence-corrected chi connectivity index (χ1v) is 3.80. The molecular weight excluding hydrogens is 178 g/mol. The van der Waals surface area contributed by atoms with Gasteiger partial charge in [0.15, 0.2) is 0 Å². The molecule has 1 aromatic heterocycles. The first-order valence-electron chi connectivity index (χ1n) is 3.42. The summed E-state index contributed by atoms with van der Waals surface area (Å²) < 4.78 is 0. The van der Waals surface area contributed by atoms with E-state index in [9.17, 15) is 0 Å². The topological polar surface area (TPSA) is 85.2 Å². The molecule has 4 nitrogen and oxygen atoms in total. The number of anilines is 1. The van der Waals surface area contributed by atoms with Crippen molar-refractivity contribution in [2.75, 3.05) is 12.3 Å². The number of halogens is 1. The van der Waals surface area contributed by atoms with E-state index < -0.39 is 6.04 Å². The second kappa shape index (κ2) is 3.71. The molecule has 0 fully saturated rings. The Kier molecular flexibility index (Phi) is 2.86. The fourth-order valence-electron chi connectivity index (χ4n) is 0.862. The SMILES string of the molecule is Nc1cc(Cl)cnc1C(N)CO. The third kappa shape index (κ3) is 1.85. The first-order chi connectivity index (χ1) is 5.65. The number of aromatic nitrogens is 1. The van der Waals surface area contributed by atoms with Crippen LogP contribution in [0.4, 0.5) is 5.69 Å². The van der Waals surface area contributed by atoms with Crippen molar-refractivity contribution in [1.82, 2.24) is 4.98 Å². The Morgan fingerprint density at radius 1 is 1.67 bits per heavy atom. The van der Waals surface area contributed by atoms with Gasteiger partial charge in [-0.25, -0.2) is 0 Å². The lowest BCUT2D eigenvalue weighted by molar-refractivity contribution is 0.266. The minimum atomic E-state index is -0.540. The smallest absolute Gasteiger partial charge is 0.0824 e. The highest BCUT2D eigenvalue weighted by molar-refractivity contribution is 6.30. The summed E-state index contributed by atoms with van der Waals surface area (Å²) in [6.45, 7) is -0.182. The molecule has 0 saturated heterocycles. The summed E-state index contributed by atoms with van der Waals surface area (Å²) in [5.41, 5.74) is 11.9. The Morgan fingerprint density at radius 2 is 2.33 bits per heavy atom. The molecule has 0 aliphatic carbocycles. The highest BCUT2D eigenvalue weighted by atomic mass is 35.5. The molecule has 1 unspecified atom stereocenters. The van der Waals surface area contributed by atoms with Gasteiger partial charge in [0.1, 0.15) is 0 Å². The number of aliphatic hydroxyl groups is 1. The van der Waals surface area contributed by atoms with Gasteiger partial charge in [-0.2, -0.15) is 0 Å². The number of rotatable bonds is 2. The van der Waals surface area contributed by atoms with Gasteiger partial charge in [0.2, 0.25) is 0 Å². The van der Waals surface area contributed by atoms with Gasteiger partial charge in [-0.15, -0.1) is 0 Å². The average Bonchev–Trinajstić information content (AvgIpc) is 2.03. The van der Waals surface area contributed by atoms with Crippen LogP contribution in [0.25, 0.3) is 0 Å². The maximum Gasteiger partial charge on any atom is 0.0824 e. The number of hydrogen-bond acceptors (Lipinski definition) is 4. The highest BCUT2D eigenvalue weighted by Gasteiger charge is 2.09. The summed E-state index contributed by atoms with van der Waals surface area (Å²) in [6.07, 6.45) is 1.45. The lowest BCUT2D eigenvalue weighted by Crippen LogP contribution is -2.17. The molecule has 0 amide bonds. The lowest BCUT2D eigenvalue weighted by atomic mass is 10.2. The normalized spacial score (nSPS) is 12.9. The summed E-state index contributed by atoms with van der Waals surface area (Å²) in [6, 6.07) is 1.02. The van der Waals surface area contributed by atoms with E-state index in [0.29, 0.717) is 16.4 Å². The number of nitrogens with two attached hydrogens (primary N) is 2. The summed E-state index contributed by atoms with van der Waals surface area (Å²) in [4.78, 5) is 3.91. The quantitative estimate of drug-likeness (QED) is 0.622.